The highest BCUT2D eigenvalue weighted by Crippen LogP contribution is 2.21. The maximum atomic E-state index is 11.4. The zero-order chi connectivity index (χ0) is 10.6. The van der Waals surface area contributed by atoms with E-state index in [1.54, 1.807) is 12.1 Å². The maximum Gasteiger partial charge on any atom is 0.341 e. The van der Waals surface area contributed by atoms with E-state index in [1.165, 1.54) is 7.11 Å². The number of benzene rings is 1. The molecule has 0 atom stereocenters. The monoisotopic (exact) mass is 319 g/mol. The van der Waals surface area contributed by atoms with Crippen LogP contribution in [0.2, 0.25) is 0 Å². The summed E-state index contributed by atoms with van der Waals surface area (Å²) in [5.74, 6) is 0.135. The van der Waals surface area contributed by atoms with Crippen LogP contribution in [0.5, 0.6) is 5.75 Å². The third-order valence-electron chi connectivity index (χ3n) is 1.59. The molecule has 0 aromatic heterocycles. The van der Waals surface area contributed by atoms with Crippen LogP contribution in [-0.2, 0) is 4.74 Å². The molecular formula is C9H8IO3Si. The summed E-state index contributed by atoms with van der Waals surface area (Å²) in [6.07, 6.45) is 0.175. The van der Waals surface area contributed by atoms with Crippen LogP contribution in [0.25, 0.3) is 0 Å². The Morgan fingerprint density at radius 2 is 2.29 bits per heavy atom. The molecule has 0 unspecified atom stereocenters. The summed E-state index contributed by atoms with van der Waals surface area (Å²) in [4.78, 5) is 11.4. The Bertz CT molecular complexity index is 341. The van der Waals surface area contributed by atoms with E-state index in [2.05, 4.69) is 32.8 Å². The molecule has 0 saturated heterocycles. The van der Waals surface area contributed by atoms with Gasteiger partial charge in [-0.2, -0.15) is 0 Å². The molecule has 0 N–H and O–H groups in total. The Morgan fingerprint density at radius 3 is 2.86 bits per heavy atom. The van der Waals surface area contributed by atoms with Crippen LogP contribution in [0.1, 0.15) is 10.4 Å². The summed E-state index contributed by atoms with van der Waals surface area (Å²) in [5.41, 5.74) is 0.436. The fourth-order valence-electron chi connectivity index (χ4n) is 0.977. The first-order chi connectivity index (χ1) is 6.69. The fraction of sp³-hybridized carbons (Fsp3) is 0.222. The molecule has 0 bridgehead atoms. The normalized spacial score (nSPS) is 9.64. The van der Waals surface area contributed by atoms with Gasteiger partial charge in [-0.25, -0.2) is 4.79 Å². The van der Waals surface area contributed by atoms with Crippen molar-refractivity contribution in [3.05, 3.63) is 27.3 Å². The quantitative estimate of drug-likeness (QED) is 0.482. The third kappa shape index (κ3) is 2.71. The number of methoxy groups -OCH3 is 1. The van der Waals surface area contributed by atoms with Crippen LogP contribution in [0.4, 0.5) is 0 Å². The Balaban J connectivity index is 3.01. The summed E-state index contributed by atoms with van der Waals surface area (Å²) in [5, 5.41) is 0. The SMILES string of the molecule is COc1cc(I)ccc1C(=O)OC[Si]. The van der Waals surface area contributed by atoms with Gasteiger partial charge in [0.15, 0.2) is 0 Å². The molecule has 1 aromatic rings. The van der Waals surface area contributed by atoms with Gasteiger partial charge in [0.2, 0.25) is 0 Å². The van der Waals surface area contributed by atoms with Crippen molar-refractivity contribution in [1.29, 1.82) is 0 Å². The van der Waals surface area contributed by atoms with E-state index >= 15 is 0 Å². The van der Waals surface area contributed by atoms with Crippen molar-refractivity contribution < 1.29 is 14.3 Å². The minimum Gasteiger partial charge on any atom is -0.496 e. The van der Waals surface area contributed by atoms with Gasteiger partial charge >= 0.3 is 5.97 Å². The molecule has 3 radical (unpaired) electrons. The Morgan fingerprint density at radius 1 is 1.57 bits per heavy atom. The summed E-state index contributed by atoms with van der Waals surface area (Å²) >= 11 is 2.15. The van der Waals surface area contributed by atoms with Crippen molar-refractivity contribution in [3.63, 3.8) is 0 Å². The predicted molar refractivity (Wildman–Crippen MR) is 61.7 cm³/mol. The molecular weight excluding hydrogens is 311 g/mol. The van der Waals surface area contributed by atoms with Crippen LogP contribution in [0, 0.1) is 3.57 Å². The van der Waals surface area contributed by atoms with Crippen molar-refractivity contribution in [3.8, 4) is 5.75 Å². The molecule has 0 spiro atoms. The zero-order valence-electron chi connectivity index (χ0n) is 7.54. The van der Waals surface area contributed by atoms with Gasteiger partial charge in [-0.3, -0.25) is 0 Å². The van der Waals surface area contributed by atoms with Crippen molar-refractivity contribution in [2.75, 3.05) is 13.3 Å². The lowest BCUT2D eigenvalue weighted by molar-refractivity contribution is 0.0570. The third-order valence-corrected chi connectivity index (χ3v) is 2.40. The molecule has 0 aliphatic heterocycles. The van der Waals surface area contributed by atoms with Gasteiger partial charge in [0.25, 0.3) is 0 Å². The average Bonchev–Trinajstić information content (AvgIpc) is 2.17. The molecule has 0 aliphatic carbocycles. The summed E-state index contributed by atoms with van der Waals surface area (Å²) in [6.45, 7) is 0. The first-order valence-corrected chi connectivity index (χ1v) is 5.63. The maximum absolute atomic E-state index is 11.4. The highest BCUT2D eigenvalue weighted by molar-refractivity contribution is 14.1. The predicted octanol–water partition coefficient (Wildman–Crippen LogP) is 1.58. The molecule has 0 amide bonds. The van der Waals surface area contributed by atoms with Crippen LogP contribution in [0.15, 0.2) is 18.2 Å². The summed E-state index contributed by atoms with van der Waals surface area (Å²) < 4.78 is 10.9. The molecule has 0 saturated carbocycles. The van der Waals surface area contributed by atoms with Gasteiger partial charge < -0.3 is 9.47 Å². The van der Waals surface area contributed by atoms with Gasteiger partial charge in [-0.1, -0.05) is 0 Å². The van der Waals surface area contributed by atoms with E-state index in [1.807, 2.05) is 6.07 Å². The Hall–Kier alpha value is -0.563. The number of hydrogen-bond acceptors (Lipinski definition) is 3. The van der Waals surface area contributed by atoms with Gasteiger partial charge in [0.1, 0.15) is 11.3 Å². The molecule has 3 nitrogen and oxygen atoms in total. The first kappa shape index (κ1) is 11.5. The lowest BCUT2D eigenvalue weighted by Crippen LogP contribution is -2.08. The standard InChI is InChI=1S/C9H8IO3Si/c1-12-8-4-6(10)2-3-7(8)9(11)13-5-14/h2-4H,5H2,1H3. The van der Waals surface area contributed by atoms with Crippen LogP contribution in [-0.4, -0.2) is 29.6 Å². The van der Waals surface area contributed by atoms with Gasteiger partial charge in [-0.15, -0.1) is 0 Å². The second-order valence-electron chi connectivity index (χ2n) is 2.42. The number of halogens is 1. The number of ether oxygens (including phenoxy) is 2. The fourth-order valence-corrected chi connectivity index (χ4v) is 1.57. The zero-order valence-corrected chi connectivity index (χ0v) is 10.7. The number of rotatable bonds is 3. The highest BCUT2D eigenvalue weighted by atomic mass is 127. The number of carbonyl (C=O) groups is 1. The van der Waals surface area contributed by atoms with Crippen molar-refractivity contribution in [1.82, 2.24) is 0 Å². The van der Waals surface area contributed by atoms with E-state index in [-0.39, 0.29) is 6.23 Å². The van der Waals surface area contributed by atoms with Crippen molar-refractivity contribution in [2.24, 2.45) is 0 Å². The van der Waals surface area contributed by atoms with Crippen molar-refractivity contribution in [2.45, 2.75) is 0 Å². The van der Waals surface area contributed by atoms with Gasteiger partial charge in [0, 0.05) is 3.57 Å². The summed E-state index contributed by atoms with van der Waals surface area (Å²) in [7, 11) is 4.59. The number of hydrogen-bond donors (Lipinski definition) is 0. The van der Waals surface area contributed by atoms with E-state index in [9.17, 15) is 4.79 Å². The molecule has 5 heteroatoms. The minimum absolute atomic E-state index is 0.175. The van der Waals surface area contributed by atoms with E-state index < -0.39 is 5.97 Å². The first-order valence-electron chi connectivity index (χ1n) is 3.84. The number of carbonyl (C=O) groups excluding carboxylic acids is 1. The highest BCUT2D eigenvalue weighted by Gasteiger charge is 2.12. The van der Waals surface area contributed by atoms with E-state index in [0.29, 0.717) is 11.3 Å². The van der Waals surface area contributed by atoms with Crippen LogP contribution < -0.4 is 4.74 Å². The van der Waals surface area contributed by atoms with E-state index in [4.69, 9.17) is 9.47 Å². The van der Waals surface area contributed by atoms with Crippen LogP contribution in [0.3, 0.4) is 0 Å². The number of esters is 1. The molecule has 0 fully saturated rings. The minimum atomic E-state index is -0.395. The second kappa shape index (κ2) is 5.35. The molecule has 14 heavy (non-hydrogen) atoms. The topological polar surface area (TPSA) is 35.5 Å². The Labute approximate surface area is 99.3 Å². The molecule has 0 aliphatic rings. The molecule has 73 valence electrons. The summed E-state index contributed by atoms with van der Waals surface area (Å²) in [6, 6.07) is 5.29. The van der Waals surface area contributed by atoms with Gasteiger partial charge in [0.05, 0.1) is 23.6 Å². The Kier molecular flexibility index (Phi) is 4.40. The largest absolute Gasteiger partial charge is 0.496 e. The van der Waals surface area contributed by atoms with E-state index in [0.717, 1.165) is 3.57 Å². The lowest BCUT2D eigenvalue weighted by atomic mass is 10.2. The molecule has 0 heterocycles. The second-order valence-corrected chi connectivity index (χ2v) is 3.96. The average molecular weight is 319 g/mol. The smallest absolute Gasteiger partial charge is 0.341 e. The molecule has 1 aromatic carbocycles. The van der Waals surface area contributed by atoms with Gasteiger partial charge in [-0.05, 0) is 40.8 Å². The van der Waals surface area contributed by atoms with Crippen molar-refractivity contribution >= 4 is 38.8 Å². The van der Waals surface area contributed by atoms with Crippen LogP contribution >= 0.6 is 22.6 Å². The lowest BCUT2D eigenvalue weighted by Gasteiger charge is -2.07. The molecule has 1 rings (SSSR count).